The highest BCUT2D eigenvalue weighted by Gasteiger charge is 2.27. The maximum atomic E-state index is 12.6. The van der Waals surface area contributed by atoms with Crippen molar-refractivity contribution >= 4 is 5.91 Å². The van der Waals surface area contributed by atoms with Crippen molar-refractivity contribution in [3.8, 4) is 11.3 Å². The van der Waals surface area contributed by atoms with Gasteiger partial charge in [-0.25, -0.2) is 19.9 Å². The minimum absolute atomic E-state index is 0.118. The maximum Gasteiger partial charge on any atom is 0.289 e. The Morgan fingerprint density at radius 2 is 2.00 bits per heavy atom. The number of carbonyl (C=O) groups is 1. The van der Waals surface area contributed by atoms with Crippen LogP contribution in [0.5, 0.6) is 0 Å². The van der Waals surface area contributed by atoms with E-state index < -0.39 is 0 Å². The smallest absolute Gasteiger partial charge is 0.289 e. The third-order valence-electron chi connectivity index (χ3n) is 4.07. The molecule has 0 aliphatic carbocycles. The quantitative estimate of drug-likeness (QED) is 0.718. The van der Waals surface area contributed by atoms with Gasteiger partial charge in [0, 0.05) is 36.5 Å². The summed E-state index contributed by atoms with van der Waals surface area (Å²) < 4.78 is 5.46. The number of rotatable bonds is 2. The third-order valence-corrected chi connectivity index (χ3v) is 4.07. The summed E-state index contributed by atoms with van der Waals surface area (Å²) in [5, 5.41) is 0. The first-order valence-electron chi connectivity index (χ1n) is 7.66. The van der Waals surface area contributed by atoms with Crippen LogP contribution in [-0.4, -0.2) is 37.3 Å². The second-order valence-corrected chi connectivity index (χ2v) is 5.66. The summed E-state index contributed by atoms with van der Waals surface area (Å²) in [5.74, 6) is 0.964. The number of nitrogens with zero attached hydrogens (tertiary/aromatic N) is 5. The Morgan fingerprint density at radius 1 is 1.17 bits per heavy atom. The summed E-state index contributed by atoms with van der Waals surface area (Å²) in [6.45, 7) is 2.87. The molecule has 0 spiro atoms. The zero-order chi connectivity index (χ0) is 16.5. The Labute approximate surface area is 138 Å². The van der Waals surface area contributed by atoms with Crippen LogP contribution in [-0.2, 0) is 13.0 Å². The van der Waals surface area contributed by atoms with Crippen molar-refractivity contribution in [2.75, 3.05) is 6.54 Å². The van der Waals surface area contributed by atoms with Gasteiger partial charge in [0.2, 0.25) is 0 Å². The van der Waals surface area contributed by atoms with E-state index in [0.717, 1.165) is 28.3 Å². The van der Waals surface area contributed by atoms with E-state index in [1.165, 1.54) is 6.33 Å². The lowest BCUT2D eigenvalue weighted by molar-refractivity contribution is 0.0700. The van der Waals surface area contributed by atoms with Crippen molar-refractivity contribution in [3.05, 3.63) is 60.0 Å². The molecular weight excluding hydrogens is 306 g/mol. The Morgan fingerprint density at radius 3 is 2.75 bits per heavy atom. The lowest BCUT2D eigenvalue weighted by atomic mass is 10.0. The van der Waals surface area contributed by atoms with Crippen LogP contribution in [0.25, 0.3) is 11.3 Å². The fourth-order valence-electron chi connectivity index (χ4n) is 2.89. The van der Waals surface area contributed by atoms with Crippen LogP contribution in [0.4, 0.5) is 0 Å². The van der Waals surface area contributed by atoms with Crippen LogP contribution >= 0.6 is 0 Å². The molecule has 0 atom stereocenters. The Hall–Kier alpha value is -3.09. The molecule has 24 heavy (non-hydrogen) atoms. The van der Waals surface area contributed by atoms with Crippen LogP contribution in [0.1, 0.15) is 27.6 Å². The SMILES string of the molecule is Cc1ccc(C(=O)N2CCc3ncnc(-c4cncnc4)c3C2)o1. The molecule has 7 nitrogen and oxygen atoms in total. The topological polar surface area (TPSA) is 85.0 Å². The summed E-state index contributed by atoms with van der Waals surface area (Å²) in [7, 11) is 0. The fourth-order valence-corrected chi connectivity index (χ4v) is 2.89. The van der Waals surface area contributed by atoms with E-state index in [2.05, 4.69) is 19.9 Å². The number of carbonyl (C=O) groups excluding carboxylic acids is 1. The van der Waals surface area contributed by atoms with E-state index in [1.54, 1.807) is 35.8 Å². The normalized spacial score (nSPS) is 13.6. The predicted octanol–water partition coefficient (Wildman–Crippen LogP) is 2.03. The van der Waals surface area contributed by atoms with Crippen LogP contribution < -0.4 is 0 Å². The minimum Gasteiger partial charge on any atom is -0.456 e. The van der Waals surface area contributed by atoms with E-state index in [0.29, 0.717) is 25.3 Å². The van der Waals surface area contributed by atoms with Crippen molar-refractivity contribution in [1.29, 1.82) is 0 Å². The molecule has 3 aromatic rings. The molecule has 0 radical (unpaired) electrons. The first-order chi connectivity index (χ1) is 11.7. The molecule has 7 heteroatoms. The van der Waals surface area contributed by atoms with Crippen LogP contribution in [0.3, 0.4) is 0 Å². The first kappa shape index (κ1) is 14.5. The summed E-state index contributed by atoms with van der Waals surface area (Å²) in [5.41, 5.74) is 3.49. The molecule has 3 aromatic heterocycles. The van der Waals surface area contributed by atoms with Crippen LogP contribution in [0.15, 0.2) is 41.6 Å². The molecule has 0 unspecified atom stereocenters. The highest BCUT2D eigenvalue weighted by Crippen LogP contribution is 2.27. The van der Waals surface area contributed by atoms with Gasteiger partial charge in [0.1, 0.15) is 18.4 Å². The molecular formula is C17H15N5O2. The second-order valence-electron chi connectivity index (χ2n) is 5.66. The van der Waals surface area contributed by atoms with Gasteiger partial charge in [-0.05, 0) is 19.1 Å². The van der Waals surface area contributed by atoms with Gasteiger partial charge in [0.15, 0.2) is 5.76 Å². The minimum atomic E-state index is -0.118. The van der Waals surface area contributed by atoms with Gasteiger partial charge in [0.25, 0.3) is 5.91 Å². The molecule has 0 saturated carbocycles. The summed E-state index contributed by atoms with van der Waals surface area (Å²) in [4.78, 5) is 31.2. The van der Waals surface area contributed by atoms with E-state index in [-0.39, 0.29) is 5.91 Å². The summed E-state index contributed by atoms with van der Waals surface area (Å²) in [6.07, 6.45) is 7.14. The molecule has 1 aliphatic rings. The summed E-state index contributed by atoms with van der Waals surface area (Å²) >= 11 is 0. The van der Waals surface area contributed by atoms with Crippen molar-refractivity contribution in [2.24, 2.45) is 0 Å². The molecule has 0 bridgehead atoms. The largest absolute Gasteiger partial charge is 0.456 e. The number of amides is 1. The van der Waals surface area contributed by atoms with Crippen LogP contribution in [0.2, 0.25) is 0 Å². The molecule has 4 heterocycles. The number of fused-ring (bicyclic) bond motifs is 1. The average Bonchev–Trinajstić information content (AvgIpc) is 3.07. The van der Waals surface area contributed by atoms with Crippen LogP contribution in [0, 0.1) is 6.92 Å². The molecule has 0 N–H and O–H groups in total. The van der Waals surface area contributed by atoms with Crippen molar-refractivity contribution in [3.63, 3.8) is 0 Å². The molecule has 0 aromatic carbocycles. The lowest BCUT2D eigenvalue weighted by Crippen LogP contribution is -2.36. The first-order valence-corrected chi connectivity index (χ1v) is 7.66. The van der Waals surface area contributed by atoms with Gasteiger partial charge in [-0.2, -0.15) is 0 Å². The molecule has 1 amide bonds. The van der Waals surface area contributed by atoms with Crippen molar-refractivity contribution in [2.45, 2.75) is 19.9 Å². The predicted molar refractivity (Wildman–Crippen MR) is 84.9 cm³/mol. The Kier molecular flexibility index (Phi) is 3.53. The van der Waals surface area contributed by atoms with Gasteiger partial charge in [-0.3, -0.25) is 4.79 Å². The number of aromatic nitrogens is 4. The lowest BCUT2D eigenvalue weighted by Gasteiger charge is -2.28. The highest BCUT2D eigenvalue weighted by molar-refractivity contribution is 5.91. The van der Waals surface area contributed by atoms with Crippen molar-refractivity contribution < 1.29 is 9.21 Å². The van der Waals surface area contributed by atoms with E-state index in [9.17, 15) is 4.79 Å². The number of hydrogen-bond donors (Lipinski definition) is 0. The van der Waals surface area contributed by atoms with Crippen molar-refractivity contribution in [1.82, 2.24) is 24.8 Å². The third kappa shape index (κ3) is 2.54. The van der Waals surface area contributed by atoms with Gasteiger partial charge in [-0.1, -0.05) is 0 Å². The van der Waals surface area contributed by atoms with Gasteiger partial charge in [0.05, 0.1) is 17.9 Å². The fraction of sp³-hybridized carbons (Fsp3) is 0.235. The van der Waals surface area contributed by atoms with E-state index >= 15 is 0 Å². The molecule has 1 aliphatic heterocycles. The van der Waals surface area contributed by atoms with E-state index in [1.807, 2.05) is 6.92 Å². The molecule has 0 fully saturated rings. The molecule has 0 saturated heterocycles. The molecule has 120 valence electrons. The second kappa shape index (κ2) is 5.84. The zero-order valence-electron chi connectivity index (χ0n) is 13.1. The number of hydrogen-bond acceptors (Lipinski definition) is 6. The standard InChI is InChI=1S/C17H15N5O2/c1-11-2-3-15(24-11)17(23)22-5-4-14-13(8-22)16(21-10-20-14)12-6-18-9-19-7-12/h2-3,6-7,9-10H,4-5,8H2,1H3. The number of aryl methyl sites for hydroxylation is 1. The number of furan rings is 1. The van der Waals surface area contributed by atoms with Gasteiger partial charge >= 0.3 is 0 Å². The Bertz CT molecular complexity index is 891. The van der Waals surface area contributed by atoms with Gasteiger partial charge < -0.3 is 9.32 Å². The van der Waals surface area contributed by atoms with Gasteiger partial charge in [-0.15, -0.1) is 0 Å². The summed E-state index contributed by atoms with van der Waals surface area (Å²) in [6, 6.07) is 3.50. The Balaban J connectivity index is 1.68. The average molecular weight is 321 g/mol. The maximum absolute atomic E-state index is 12.6. The molecule has 4 rings (SSSR count). The zero-order valence-corrected chi connectivity index (χ0v) is 13.1. The monoisotopic (exact) mass is 321 g/mol. The highest BCUT2D eigenvalue weighted by atomic mass is 16.3. The van der Waals surface area contributed by atoms with E-state index in [4.69, 9.17) is 4.42 Å².